The molecule has 0 aliphatic rings. The molecule has 0 saturated heterocycles. The molecule has 0 fully saturated rings. The standard InChI is InChI=1S/2C10H9.2CH3.Hf/c2*1-8-5-6-9-3-2-4-10(9)7-8;;;/h2*2-7H,1H3;2*1H3;/q4*-1;+4. The molecule has 116 valence electrons. The van der Waals surface area contributed by atoms with E-state index in [0.717, 1.165) is 0 Å². The van der Waals surface area contributed by atoms with Crippen LogP contribution in [0.4, 0.5) is 0 Å². The van der Waals surface area contributed by atoms with Crippen molar-refractivity contribution in [2.75, 3.05) is 0 Å². The molecule has 0 radical (unpaired) electrons. The van der Waals surface area contributed by atoms with Crippen LogP contribution in [-0.4, -0.2) is 0 Å². The van der Waals surface area contributed by atoms with E-state index < -0.39 is 0 Å². The van der Waals surface area contributed by atoms with E-state index >= 15 is 0 Å². The molecule has 4 aromatic carbocycles. The van der Waals surface area contributed by atoms with Crippen LogP contribution in [0.2, 0.25) is 0 Å². The number of hydrogen-bond donors (Lipinski definition) is 0. The molecule has 0 aliphatic carbocycles. The molecule has 0 unspecified atom stereocenters. The third-order valence-electron chi connectivity index (χ3n) is 3.59. The van der Waals surface area contributed by atoms with Crippen LogP contribution in [0, 0.1) is 28.7 Å². The maximum atomic E-state index is 2.20. The first-order chi connectivity index (χ1) is 9.72. The van der Waals surface area contributed by atoms with E-state index in [9.17, 15) is 0 Å². The normalized spacial score (nSPS) is 9.13. The molecule has 0 spiro atoms. The largest absolute Gasteiger partial charge is 4.00 e. The fraction of sp³-hybridized carbons (Fsp3) is 0.0909. The predicted octanol–water partition coefficient (Wildman–Crippen LogP) is 6.63. The summed E-state index contributed by atoms with van der Waals surface area (Å²) in [5, 5.41) is 5.37. The summed E-state index contributed by atoms with van der Waals surface area (Å²) in [5.74, 6) is 0. The molecule has 1 heteroatoms. The van der Waals surface area contributed by atoms with Crippen molar-refractivity contribution in [1.29, 1.82) is 0 Å². The average Bonchev–Trinajstić information content (AvgIpc) is 3.06. The molecule has 0 heterocycles. The summed E-state index contributed by atoms with van der Waals surface area (Å²) in [6.07, 6.45) is 0. The van der Waals surface area contributed by atoms with Crippen LogP contribution in [0.5, 0.6) is 0 Å². The van der Waals surface area contributed by atoms with Crippen molar-refractivity contribution in [2.45, 2.75) is 13.8 Å². The summed E-state index contributed by atoms with van der Waals surface area (Å²) in [6, 6.07) is 25.7. The zero-order valence-electron chi connectivity index (χ0n) is 14.4. The Balaban J connectivity index is 0.000000372. The van der Waals surface area contributed by atoms with Gasteiger partial charge in [0, 0.05) is 0 Å². The molecule has 23 heavy (non-hydrogen) atoms. The van der Waals surface area contributed by atoms with Gasteiger partial charge >= 0.3 is 25.8 Å². The monoisotopic (exact) mass is 468 g/mol. The van der Waals surface area contributed by atoms with Crippen molar-refractivity contribution in [1.82, 2.24) is 0 Å². The van der Waals surface area contributed by atoms with Crippen molar-refractivity contribution in [3.8, 4) is 0 Å². The second kappa shape index (κ2) is 9.62. The molecular formula is C22H24Hf. The number of fused-ring (bicyclic) bond motifs is 2. The molecule has 0 bridgehead atoms. The van der Waals surface area contributed by atoms with Crippen molar-refractivity contribution in [3.05, 3.63) is 98.8 Å². The molecule has 0 saturated carbocycles. The van der Waals surface area contributed by atoms with Crippen molar-refractivity contribution < 1.29 is 25.8 Å². The Bertz CT molecular complexity index is 761. The van der Waals surface area contributed by atoms with Crippen LogP contribution < -0.4 is 0 Å². The first-order valence-electron chi connectivity index (χ1n) is 6.96. The summed E-state index contributed by atoms with van der Waals surface area (Å²) < 4.78 is 0. The van der Waals surface area contributed by atoms with Gasteiger partial charge in [0.2, 0.25) is 0 Å². The molecule has 0 atom stereocenters. The molecule has 0 aromatic heterocycles. The van der Waals surface area contributed by atoms with Gasteiger partial charge in [-0.2, -0.15) is 24.3 Å². The second-order valence-electron chi connectivity index (χ2n) is 5.32. The first-order valence-corrected chi connectivity index (χ1v) is 6.96. The zero-order chi connectivity index (χ0) is 13.9. The third-order valence-corrected chi connectivity index (χ3v) is 3.59. The van der Waals surface area contributed by atoms with Crippen LogP contribution in [0.1, 0.15) is 11.1 Å². The Labute approximate surface area is 159 Å². The minimum Gasteiger partial charge on any atom is -0.358 e. The van der Waals surface area contributed by atoms with Gasteiger partial charge in [-0.25, -0.2) is 0 Å². The molecule has 4 rings (SSSR count). The fourth-order valence-corrected chi connectivity index (χ4v) is 2.49. The van der Waals surface area contributed by atoms with E-state index in [1.54, 1.807) is 0 Å². The third kappa shape index (κ3) is 5.28. The van der Waals surface area contributed by atoms with Gasteiger partial charge in [-0.05, 0) is 13.8 Å². The van der Waals surface area contributed by atoms with Gasteiger partial charge in [0.15, 0.2) is 0 Å². The van der Waals surface area contributed by atoms with Gasteiger partial charge in [0.05, 0.1) is 0 Å². The van der Waals surface area contributed by atoms with E-state index in [1.807, 2.05) is 0 Å². The average molecular weight is 467 g/mol. The Morgan fingerprint density at radius 3 is 1.39 bits per heavy atom. The number of hydrogen-bond acceptors (Lipinski definition) is 0. The van der Waals surface area contributed by atoms with Crippen molar-refractivity contribution in [3.63, 3.8) is 0 Å². The van der Waals surface area contributed by atoms with Crippen LogP contribution in [0.25, 0.3) is 21.5 Å². The fourth-order valence-electron chi connectivity index (χ4n) is 2.49. The van der Waals surface area contributed by atoms with Gasteiger partial charge in [0.25, 0.3) is 0 Å². The van der Waals surface area contributed by atoms with E-state index in [0.29, 0.717) is 0 Å². The maximum Gasteiger partial charge on any atom is 4.00 e. The van der Waals surface area contributed by atoms with Crippen LogP contribution >= 0.6 is 0 Å². The smallest absolute Gasteiger partial charge is 0.358 e. The molecule has 0 N–H and O–H groups in total. The Hall–Kier alpha value is -1.47. The van der Waals surface area contributed by atoms with Gasteiger partial charge in [-0.1, -0.05) is 23.3 Å². The molecule has 0 amide bonds. The molecular weight excluding hydrogens is 443 g/mol. The minimum atomic E-state index is 0. The Morgan fingerprint density at radius 1 is 0.609 bits per heavy atom. The topological polar surface area (TPSA) is 0 Å². The van der Waals surface area contributed by atoms with Gasteiger partial charge in [-0.3, -0.25) is 0 Å². The van der Waals surface area contributed by atoms with Crippen LogP contribution in [-0.2, 0) is 25.8 Å². The summed E-state index contributed by atoms with van der Waals surface area (Å²) in [6.45, 7) is 4.24. The van der Waals surface area contributed by atoms with Gasteiger partial charge in [0.1, 0.15) is 0 Å². The molecule has 4 aromatic rings. The number of aryl methyl sites for hydroxylation is 2. The van der Waals surface area contributed by atoms with E-state index in [1.165, 1.54) is 32.7 Å². The van der Waals surface area contributed by atoms with Crippen LogP contribution in [0.15, 0.2) is 72.8 Å². The zero-order valence-corrected chi connectivity index (χ0v) is 18.0. The molecule has 0 nitrogen and oxygen atoms in total. The van der Waals surface area contributed by atoms with Gasteiger partial charge in [-0.15, -0.1) is 57.9 Å². The SMILES string of the molecule is Cc1ccc2cc[cH-]c2c1.Cc1ccc2cc[cH-]c2c1.[CH3-].[CH3-].[Hf+4]. The Morgan fingerprint density at radius 2 is 1.00 bits per heavy atom. The first kappa shape index (κ1) is 21.5. The summed E-state index contributed by atoms with van der Waals surface area (Å²) in [4.78, 5) is 0. The van der Waals surface area contributed by atoms with E-state index in [-0.39, 0.29) is 40.7 Å². The van der Waals surface area contributed by atoms with E-state index in [4.69, 9.17) is 0 Å². The Kier molecular flexibility index (Phi) is 9.01. The van der Waals surface area contributed by atoms with Crippen molar-refractivity contribution in [2.24, 2.45) is 0 Å². The number of rotatable bonds is 0. The van der Waals surface area contributed by atoms with Crippen LogP contribution in [0.3, 0.4) is 0 Å². The second-order valence-corrected chi connectivity index (χ2v) is 5.32. The summed E-state index contributed by atoms with van der Waals surface area (Å²) >= 11 is 0. The number of benzene rings is 2. The van der Waals surface area contributed by atoms with Crippen molar-refractivity contribution >= 4 is 21.5 Å². The summed E-state index contributed by atoms with van der Waals surface area (Å²) in [7, 11) is 0. The molecule has 0 aliphatic heterocycles. The van der Waals surface area contributed by atoms with Gasteiger partial charge < -0.3 is 14.9 Å². The predicted molar refractivity (Wildman–Crippen MR) is 101 cm³/mol. The quantitative estimate of drug-likeness (QED) is 0.201. The van der Waals surface area contributed by atoms with E-state index in [2.05, 4.69) is 86.6 Å². The summed E-state index contributed by atoms with van der Waals surface area (Å²) in [5.41, 5.74) is 2.66. The minimum absolute atomic E-state index is 0. The maximum absolute atomic E-state index is 2.20.